The molecule has 0 aliphatic rings. The quantitative estimate of drug-likeness (QED) is 0.187. The predicted molar refractivity (Wildman–Crippen MR) is 174 cm³/mol. The van der Waals surface area contributed by atoms with Crippen LogP contribution in [0.15, 0.2) is 119 Å². The van der Waals surface area contributed by atoms with Crippen LogP contribution < -0.4 is 9.62 Å². The van der Waals surface area contributed by atoms with Gasteiger partial charge in [0.1, 0.15) is 12.6 Å². The van der Waals surface area contributed by atoms with Gasteiger partial charge in [0.15, 0.2) is 0 Å². The summed E-state index contributed by atoms with van der Waals surface area (Å²) in [5.41, 5.74) is 3.08. The highest BCUT2D eigenvalue weighted by Gasteiger charge is 2.34. The van der Waals surface area contributed by atoms with E-state index in [1.54, 1.807) is 42.5 Å². The molecule has 0 radical (unpaired) electrons. The van der Waals surface area contributed by atoms with Gasteiger partial charge in [-0.2, -0.15) is 0 Å². The van der Waals surface area contributed by atoms with Crippen LogP contribution in [0.5, 0.6) is 0 Å². The van der Waals surface area contributed by atoms with Crippen molar-refractivity contribution in [3.05, 3.63) is 130 Å². The van der Waals surface area contributed by atoms with Crippen LogP contribution in [0, 0.1) is 6.92 Å². The lowest BCUT2D eigenvalue weighted by Crippen LogP contribution is -2.53. The van der Waals surface area contributed by atoms with E-state index in [2.05, 4.69) is 21.2 Å². The van der Waals surface area contributed by atoms with Gasteiger partial charge < -0.3 is 10.2 Å². The minimum Gasteiger partial charge on any atom is -0.354 e. The summed E-state index contributed by atoms with van der Waals surface area (Å²) in [6, 6.07) is 31.3. The molecule has 0 saturated carbocycles. The Kier molecular flexibility index (Phi) is 11.1. The number of rotatable bonds is 13. The number of hydrogen-bond acceptors (Lipinski definition) is 4. The predicted octanol–water partition coefficient (Wildman–Crippen LogP) is 6.12. The van der Waals surface area contributed by atoms with E-state index in [9.17, 15) is 18.0 Å². The van der Waals surface area contributed by atoms with Gasteiger partial charge in [0, 0.05) is 24.0 Å². The fourth-order valence-electron chi connectivity index (χ4n) is 4.81. The Bertz CT molecular complexity index is 1630. The first-order valence-corrected chi connectivity index (χ1v) is 16.4. The van der Waals surface area contributed by atoms with Gasteiger partial charge in [0.05, 0.1) is 10.6 Å². The number of sulfonamides is 1. The van der Waals surface area contributed by atoms with Crippen LogP contribution in [0.25, 0.3) is 0 Å². The first-order chi connectivity index (χ1) is 20.7. The molecule has 9 heteroatoms. The summed E-state index contributed by atoms with van der Waals surface area (Å²) in [6.45, 7) is 4.03. The fourth-order valence-corrected chi connectivity index (χ4v) is 6.62. The Balaban J connectivity index is 1.79. The summed E-state index contributed by atoms with van der Waals surface area (Å²) in [7, 11) is -4.13. The van der Waals surface area contributed by atoms with Crippen molar-refractivity contribution in [1.29, 1.82) is 0 Å². The van der Waals surface area contributed by atoms with E-state index < -0.39 is 28.5 Å². The van der Waals surface area contributed by atoms with Gasteiger partial charge in [0.25, 0.3) is 10.0 Å². The van der Waals surface area contributed by atoms with E-state index in [1.807, 2.05) is 68.4 Å². The lowest BCUT2D eigenvalue weighted by molar-refractivity contribution is -0.140. The molecule has 0 aromatic heterocycles. The minimum atomic E-state index is -4.13. The summed E-state index contributed by atoms with van der Waals surface area (Å²) < 4.78 is 29.8. The third-order valence-corrected chi connectivity index (χ3v) is 9.24. The van der Waals surface area contributed by atoms with Gasteiger partial charge in [-0.1, -0.05) is 107 Å². The lowest BCUT2D eigenvalue weighted by atomic mass is 10.0. The van der Waals surface area contributed by atoms with Gasteiger partial charge >= 0.3 is 0 Å². The number of hydrogen-bond donors (Lipinski definition) is 1. The Morgan fingerprint density at radius 1 is 0.837 bits per heavy atom. The number of carbonyl (C=O) groups excluding carboxylic acids is 2. The molecular weight excluding hydrogens is 626 g/mol. The molecule has 0 saturated heterocycles. The van der Waals surface area contributed by atoms with Gasteiger partial charge in [-0.25, -0.2) is 8.42 Å². The molecule has 0 bridgehead atoms. The average molecular weight is 663 g/mol. The number of halogens is 1. The molecule has 0 fully saturated rings. The van der Waals surface area contributed by atoms with Crippen molar-refractivity contribution in [2.24, 2.45) is 0 Å². The van der Waals surface area contributed by atoms with E-state index in [0.29, 0.717) is 16.7 Å². The third kappa shape index (κ3) is 8.55. The molecule has 4 rings (SSSR count). The molecule has 4 aromatic rings. The van der Waals surface area contributed by atoms with Crippen LogP contribution in [-0.2, 0) is 32.6 Å². The molecule has 0 spiro atoms. The number of anilines is 1. The van der Waals surface area contributed by atoms with Crippen molar-refractivity contribution < 1.29 is 18.0 Å². The summed E-state index contributed by atoms with van der Waals surface area (Å²) in [5.74, 6) is -0.778. The number of benzene rings is 4. The first kappa shape index (κ1) is 32.0. The highest BCUT2D eigenvalue weighted by atomic mass is 79.9. The second kappa shape index (κ2) is 15.0. The van der Waals surface area contributed by atoms with Crippen molar-refractivity contribution in [1.82, 2.24) is 10.2 Å². The monoisotopic (exact) mass is 661 g/mol. The summed E-state index contributed by atoms with van der Waals surface area (Å²) >= 11 is 3.43. The molecule has 1 N–H and O–H groups in total. The number of nitrogens with zero attached hydrogens (tertiary/aromatic N) is 2. The van der Waals surface area contributed by atoms with E-state index in [4.69, 9.17) is 0 Å². The SMILES string of the molecule is CCCNC(=O)[C@H](Cc1ccccc1)N(Cc1cccc(C)c1)C(=O)CN(c1cccc(Br)c1)S(=O)(=O)c1ccccc1. The number of amides is 2. The van der Waals surface area contributed by atoms with Crippen molar-refractivity contribution in [2.45, 2.75) is 44.2 Å². The summed E-state index contributed by atoms with van der Waals surface area (Å²) in [4.78, 5) is 29.7. The number of aryl methyl sites for hydroxylation is 1. The Morgan fingerprint density at radius 3 is 2.14 bits per heavy atom. The molecule has 0 heterocycles. The second-order valence-electron chi connectivity index (χ2n) is 10.3. The summed E-state index contributed by atoms with van der Waals surface area (Å²) in [5, 5.41) is 2.96. The van der Waals surface area contributed by atoms with Crippen LogP contribution in [0.2, 0.25) is 0 Å². The second-order valence-corrected chi connectivity index (χ2v) is 13.1. The average Bonchev–Trinajstić information content (AvgIpc) is 3.01. The summed E-state index contributed by atoms with van der Waals surface area (Å²) in [6.07, 6.45) is 1.01. The first-order valence-electron chi connectivity index (χ1n) is 14.2. The smallest absolute Gasteiger partial charge is 0.264 e. The van der Waals surface area contributed by atoms with Crippen molar-refractivity contribution in [3.8, 4) is 0 Å². The maximum atomic E-state index is 14.4. The van der Waals surface area contributed by atoms with Crippen LogP contribution in [0.1, 0.15) is 30.0 Å². The third-order valence-electron chi connectivity index (χ3n) is 6.96. The molecular formula is C34H36BrN3O4S. The Hall–Kier alpha value is -3.95. The molecule has 224 valence electrons. The highest BCUT2D eigenvalue weighted by molar-refractivity contribution is 9.10. The van der Waals surface area contributed by atoms with E-state index in [0.717, 1.165) is 27.4 Å². The topological polar surface area (TPSA) is 86.8 Å². The molecule has 0 unspecified atom stereocenters. The standard InChI is InChI=1S/C34H36BrN3O4S/c1-3-20-36-34(40)32(22-27-13-6-4-7-14-27)37(24-28-15-10-12-26(2)21-28)33(39)25-38(30-17-11-16-29(35)23-30)43(41,42)31-18-8-5-9-19-31/h4-19,21,23,32H,3,20,22,24-25H2,1-2H3,(H,36,40)/t32-/m0/s1. The molecule has 0 aliphatic carbocycles. The van der Waals surface area contributed by atoms with E-state index in [-0.39, 0.29) is 23.8 Å². The van der Waals surface area contributed by atoms with Crippen molar-refractivity contribution in [3.63, 3.8) is 0 Å². The molecule has 4 aromatic carbocycles. The zero-order valence-electron chi connectivity index (χ0n) is 24.3. The maximum Gasteiger partial charge on any atom is 0.264 e. The molecule has 7 nitrogen and oxygen atoms in total. The Morgan fingerprint density at radius 2 is 1.49 bits per heavy atom. The van der Waals surface area contributed by atoms with Crippen molar-refractivity contribution in [2.75, 3.05) is 17.4 Å². The van der Waals surface area contributed by atoms with Gasteiger partial charge in [-0.15, -0.1) is 0 Å². The van der Waals surface area contributed by atoms with Crippen molar-refractivity contribution >= 4 is 43.5 Å². The molecule has 1 atom stereocenters. The van der Waals surface area contributed by atoms with Gasteiger partial charge in [-0.3, -0.25) is 13.9 Å². The molecule has 43 heavy (non-hydrogen) atoms. The zero-order chi connectivity index (χ0) is 30.8. The molecule has 2 amide bonds. The van der Waals surface area contributed by atoms with Crippen LogP contribution >= 0.6 is 15.9 Å². The normalized spacial score (nSPS) is 11.9. The fraction of sp³-hybridized carbons (Fsp3) is 0.235. The maximum absolute atomic E-state index is 14.4. The minimum absolute atomic E-state index is 0.0644. The molecule has 0 aliphatic heterocycles. The van der Waals surface area contributed by atoms with E-state index in [1.165, 1.54) is 17.0 Å². The lowest BCUT2D eigenvalue weighted by Gasteiger charge is -2.34. The van der Waals surface area contributed by atoms with Gasteiger partial charge in [0.2, 0.25) is 11.8 Å². The van der Waals surface area contributed by atoms with Gasteiger partial charge in [-0.05, 0) is 54.8 Å². The highest BCUT2D eigenvalue weighted by Crippen LogP contribution is 2.27. The number of nitrogens with one attached hydrogen (secondary N) is 1. The zero-order valence-corrected chi connectivity index (χ0v) is 26.7. The Labute approximate surface area is 262 Å². The van der Waals surface area contributed by atoms with Crippen LogP contribution in [0.4, 0.5) is 5.69 Å². The van der Waals surface area contributed by atoms with Crippen LogP contribution in [-0.4, -0.2) is 44.3 Å². The van der Waals surface area contributed by atoms with Crippen LogP contribution in [0.3, 0.4) is 0 Å². The number of carbonyl (C=O) groups is 2. The largest absolute Gasteiger partial charge is 0.354 e. The van der Waals surface area contributed by atoms with E-state index >= 15 is 0 Å².